The van der Waals surface area contributed by atoms with Gasteiger partial charge in [0.25, 0.3) is 5.91 Å². The first-order chi connectivity index (χ1) is 13.6. The lowest BCUT2D eigenvalue weighted by molar-refractivity contribution is -0.00179. The number of hydrogen-bond donors (Lipinski definition) is 2. The first kappa shape index (κ1) is 18.2. The summed E-state index contributed by atoms with van der Waals surface area (Å²) in [6.07, 6.45) is -0.146. The van der Waals surface area contributed by atoms with E-state index in [0.29, 0.717) is 24.5 Å². The van der Waals surface area contributed by atoms with E-state index >= 15 is 0 Å². The Labute approximate surface area is 162 Å². The molecular formula is C19H22N6O3. The first-order valence-electron chi connectivity index (χ1n) is 9.03. The number of nitrogens with one attached hydrogen (secondary N) is 2. The molecule has 1 atom stereocenters. The molecule has 3 heterocycles. The molecular weight excluding hydrogens is 360 g/mol. The SMILES string of the molecule is COc1ccc([C@H]2Cn3nnc(C(=O)NCc4c(C)n[nH]c4C)c3CO2)cc1. The Balaban J connectivity index is 1.45. The van der Waals surface area contributed by atoms with Gasteiger partial charge in [0, 0.05) is 17.8 Å². The number of aromatic amines is 1. The Bertz CT molecular complexity index is 972. The van der Waals surface area contributed by atoms with Gasteiger partial charge in [-0.05, 0) is 31.5 Å². The fourth-order valence-electron chi connectivity index (χ4n) is 3.30. The van der Waals surface area contributed by atoms with Gasteiger partial charge < -0.3 is 14.8 Å². The van der Waals surface area contributed by atoms with E-state index in [2.05, 4.69) is 25.8 Å². The van der Waals surface area contributed by atoms with Crippen molar-refractivity contribution in [3.8, 4) is 5.75 Å². The van der Waals surface area contributed by atoms with E-state index < -0.39 is 0 Å². The number of nitrogens with zero attached hydrogens (tertiary/aromatic N) is 4. The molecule has 0 aliphatic carbocycles. The van der Waals surface area contributed by atoms with Crippen molar-refractivity contribution in [1.82, 2.24) is 30.5 Å². The first-order valence-corrected chi connectivity index (χ1v) is 9.03. The molecule has 146 valence electrons. The molecule has 2 aromatic heterocycles. The Kier molecular flexibility index (Phi) is 4.82. The largest absolute Gasteiger partial charge is 0.497 e. The number of carbonyl (C=O) groups is 1. The van der Waals surface area contributed by atoms with Gasteiger partial charge in [-0.1, -0.05) is 17.3 Å². The highest BCUT2D eigenvalue weighted by molar-refractivity contribution is 5.93. The number of amides is 1. The van der Waals surface area contributed by atoms with Crippen molar-refractivity contribution in [3.05, 3.63) is 58.2 Å². The summed E-state index contributed by atoms with van der Waals surface area (Å²) in [6.45, 7) is 4.99. The maximum Gasteiger partial charge on any atom is 0.274 e. The lowest BCUT2D eigenvalue weighted by atomic mass is 10.1. The molecule has 0 spiro atoms. The van der Waals surface area contributed by atoms with Crippen molar-refractivity contribution in [2.45, 2.75) is 39.6 Å². The maximum atomic E-state index is 12.6. The summed E-state index contributed by atoms with van der Waals surface area (Å²) in [6, 6.07) is 7.73. The highest BCUT2D eigenvalue weighted by Gasteiger charge is 2.27. The zero-order valence-corrected chi connectivity index (χ0v) is 16.0. The van der Waals surface area contributed by atoms with E-state index in [1.165, 1.54) is 0 Å². The van der Waals surface area contributed by atoms with Gasteiger partial charge in [0.1, 0.15) is 11.9 Å². The van der Waals surface area contributed by atoms with Crippen LogP contribution in [-0.2, 0) is 24.4 Å². The smallest absolute Gasteiger partial charge is 0.274 e. The van der Waals surface area contributed by atoms with Crippen LogP contribution in [0.15, 0.2) is 24.3 Å². The van der Waals surface area contributed by atoms with Gasteiger partial charge >= 0.3 is 0 Å². The molecule has 0 fully saturated rings. The maximum absolute atomic E-state index is 12.6. The topological polar surface area (TPSA) is 107 Å². The van der Waals surface area contributed by atoms with Gasteiger partial charge in [0.05, 0.1) is 31.6 Å². The van der Waals surface area contributed by atoms with Crippen LogP contribution >= 0.6 is 0 Å². The van der Waals surface area contributed by atoms with Crippen LogP contribution < -0.4 is 10.1 Å². The highest BCUT2D eigenvalue weighted by Crippen LogP contribution is 2.28. The molecule has 3 aromatic rings. The van der Waals surface area contributed by atoms with Crippen LogP contribution in [0.1, 0.15) is 44.8 Å². The zero-order chi connectivity index (χ0) is 19.7. The summed E-state index contributed by atoms with van der Waals surface area (Å²) in [7, 11) is 1.63. The predicted molar refractivity (Wildman–Crippen MR) is 99.8 cm³/mol. The van der Waals surface area contributed by atoms with Crippen LogP contribution in [-0.4, -0.2) is 38.2 Å². The Morgan fingerprint density at radius 1 is 1.36 bits per heavy atom. The van der Waals surface area contributed by atoms with Gasteiger partial charge in [0.2, 0.25) is 0 Å². The number of aryl methyl sites for hydroxylation is 2. The van der Waals surface area contributed by atoms with Crippen molar-refractivity contribution in [1.29, 1.82) is 0 Å². The molecule has 1 aromatic carbocycles. The Morgan fingerprint density at radius 3 is 2.82 bits per heavy atom. The average molecular weight is 382 g/mol. The van der Waals surface area contributed by atoms with E-state index in [1.54, 1.807) is 11.8 Å². The molecule has 4 rings (SSSR count). The van der Waals surface area contributed by atoms with Crippen molar-refractivity contribution >= 4 is 5.91 Å². The summed E-state index contributed by atoms with van der Waals surface area (Å²) in [5.41, 5.74) is 4.79. The molecule has 0 bridgehead atoms. The van der Waals surface area contributed by atoms with Crippen LogP contribution in [0.25, 0.3) is 0 Å². The van der Waals surface area contributed by atoms with E-state index in [9.17, 15) is 4.79 Å². The lowest BCUT2D eigenvalue weighted by Gasteiger charge is -2.24. The van der Waals surface area contributed by atoms with E-state index in [4.69, 9.17) is 9.47 Å². The number of carbonyl (C=O) groups excluding carboxylic acids is 1. The molecule has 9 heteroatoms. The third-order valence-electron chi connectivity index (χ3n) is 5.01. The minimum Gasteiger partial charge on any atom is -0.497 e. The zero-order valence-electron chi connectivity index (χ0n) is 16.0. The minimum atomic E-state index is -0.271. The van der Waals surface area contributed by atoms with Crippen molar-refractivity contribution in [2.75, 3.05) is 7.11 Å². The van der Waals surface area contributed by atoms with Gasteiger partial charge in [0.15, 0.2) is 5.69 Å². The second-order valence-electron chi connectivity index (χ2n) is 6.73. The van der Waals surface area contributed by atoms with E-state index in [0.717, 1.165) is 28.3 Å². The van der Waals surface area contributed by atoms with Crippen molar-refractivity contribution in [2.24, 2.45) is 0 Å². The van der Waals surface area contributed by atoms with E-state index in [-0.39, 0.29) is 18.6 Å². The van der Waals surface area contributed by atoms with Gasteiger partial charge in [-0.3, -0.25) is 9.89 Å². The second-order valence-corrected chi connectivity index (χ2v) is 6.73. The molecule has 28 heavy (non-hydrogen) atoms. The van der Waals surface area contributed by atoms with Crippen molar-refractivity contribution < 1.29 is 14.3 Å². The minimum absolute atomic E-state index is 0.146. The Morgan fingerprint density at radius 2 is 2.14 bits per heavy atom. The number of methoxy groups -OCH3 is 1. The third-order valence-corrected chi connectivity index (χ3v) is 5.01. The quantitative estimate of drug-likeness (QED) is 0.697. The molecule has 1 aliphatic heterocycles. The molecule has 2 N–H and O–H groups in total. The molecule has 0 saturated carbocycles. The fourth-order valence-corrected chi connectivity index (χ4v) is 3.30. The summed E-state index contributed by atoms with van der Waals surface area (Å²) >= 11 is 0. The molecule has 1 aliphatic rings. The summed E-state index contributed by atoms with van der Waals surface area (Å²) in [5, 5.41) is 18.2. The third kappa shape index (κ3) is 3.36. The predicted octanol–water partition coefficient (Wildman–Crippen LogP) is 1.83. The monoisotopic (exact) mass is 382 g/mol. The number of H-pyrrole nitrogens is 1. The molecule has 1 amide bonds. The molecule has 0 unspecified atom stereocenters. The van der Waals surface area contributed by atoms with Gasteiger partial charge in [-0.2, -0.15) is 5.10 Å². The van der Waals surface area contributed by atoms with Crippen LogP contribution in [0.5, 0.6) is 5.75 Å². The highest BCUT2D eigenvalue weighted by atomic mass is 16.5. The van der Waals surface area contributed by atoms with Crippen LogP contribution in [0.2, 0.25) is 0 Å². The van der Waals surface area contributed by atoms with Crippen LogP contribution in [0, 0.1) is 13.8 Å². The Hall–Kier alpha value is -3.20. The average Bonchev–Trinajstić information content (AvgIpc) is 3.29. The molecule has 0 radical (unpaired) electrons. The summed E-state index contributed by atoms with van der Waals surface area (Å²) in [4.78, 5) is 12.6. The molecule has 0 saturated heterocycles. The van der Waals surface area contributed by atoms with Gasteiger partial charge in [-0.15, -0.1) is 5.10 Å². The van der Waals surface area contributed by atoms with Crippen LogP contribution in [0.3, 0.4) is 0 Å². The van der Waals surface area contributed by atoms with Crippen molar-refractivity contribution in [3.63, 3.8) is 0 Å². The number of hydrogen-bond acceptors (Lipinski definition) is 6. The fraction of sp³-hybridized carbons (Fsp3) is 0.368. The lowest BCUT2D eigenvalue weighted by Crippen LogP contribution is -2.27. The normalized spacial score (nSPS) is 15.9. The molecule has 9 nitrogen and oxygen atoms in total. The van der Waals surface area contributed by atoms with Crippen LogP contribution in [0.4, 0.5) is 0 Å². The number of fused-ring (bicyclic) bond motifs is 1. The number of ether oxygens (including phenoxy) is 2. The number of aromatic nitrogens is 5. The van der Waals surface area contributed by atoms with E-state index in [1.807, 2.05) is 38.1 Å². The number of benzene rings is 1. The number of rotatable bonds is 5. The standard InChI is InChI=1S/C19H22N6O3/c1-11-15(12(2)22-21-11)8-20-19(26)18-16-10-28-17(9-25(16)24-23-18)13-4-6-14(27-3)7-5-13/h4-7,17H,8-10H2,1-3H3,(H,20,26)(H,21,22)/t17-/m1/s1. The second kappa shape index (κ2) is 7.43. The summed E-state index contributed by atoms with van der Waals surface area (Å²) in [5.74, 6) is 0.524. The van der Waals surface area contributed by atoms with Gasteiger partial charge in [-0.25, -0.2) is 4.68 Å². The summed E-state index contributed by atoms with van der Waals surface area (Å²) < 4.78 is 12.9.